The molecular weight excluding hydrogens is 286 g/mol. The summed E-state index contributed by atoms with van der Waals surface area (Å²) in [4.78, 5) is 25.5. The lowest BCUT2D eigenvalue weighted by Gasteiger charge is -2.37. The van der Waals surface area contributed by atoms with Gasteiger partial charge in [0, 0.05) is 24.4 Å². The first-order chi connectivity index (χ1) is 9.96. The smallest absolute Gasteiger partial charge is 0.311 e. The summed E-state index contributed by atoms with van der Waals surface area (Å²) in [5.41, 5.74) is 0.995. The van der Waals surface area contributed by atoms with Gasteiger partial charge in [0.2, 0.25) is 0 Å². The molecule has 1 saturated heterocycles. The second kappa shape index (κ2) is 6.52. The van der Waals surface area contributed by atoms with Gasteiger partial charge >= 0.3 is 5.97 Å². The Balaban J connectivity index is 2.10. The number of aliphatic carboxylic acids is 1. The van der Waals surface area contributed by atoms with Gasteiger partial charge in [0.25, 0.3) is 5.91 Å². The third kappa shape index (κ3) is 3.59. The molecule has 5 heteroatoms. The molecule has 1 aliphatic heterocycles. The number of piperidine rings is 1. The van der Waals surface area contributed by atoms with Gasteiger partial charge in [0.15, 0.2) is 0 Å². The van der Waals surface area contributed by atoms with Crippen LogP contribution in [0.4, 0.5) is 0 Å². The zero-order chi connectivity index (χ0) is 15.5. The molecule has 2 rings (SSSR count). The van der Waals surface area contributed by atoms with E-state index in [1.54, 1.807) is 23.6 Å². The maximum atomic E-state index is 12.5. The number of nitrogens with zero attached hydrogens (tertiary/aromatic N) is 1. The second-order valence-corrected chi connectivity index (χ2v) is 6.69. The largest absolute Gasteiger partial charge is 0.481 e. The molecule has 0 bridgehead atoms. The minimum Gasteiger partial charge on any atom is -0.481 e. The van der Waals surface area contributed by atoms with Crippen molar-refractivity contribution in [2.75, 3.05) is 19.3 Å². The first-order valence-electron chi connectivity index (χ1n) is 7.07. The minimum atomic E-state index is -0.827. The average molecular weight is 307 g/mol. The molecule has 1 aromatic carbocycles. The van der Waals surface area contributed by atoms with Gasteiger partial charge in [-0.3, -0.25) is 9.59 Å². The van der Waals surface area contributed by atoms with E-state index in [-0.39, 0.29) is 12.5 Å². The van der Waals surface area contributed by atoms with E-state index in [1.165, 1.54) is 5.56 Å². The molecule has 1 N–H and O–H groups in total. The molecule has 0 saturated carbocycles. The van der Waals surface area contributed by atoms with E-state index >= 15 is 0 Å². The quantitative estimate of drug-likeness (QED) is 0.929. The number of carbonyl (C=O) groups is 2. The molecule has 0 spiro atoms. The number of rotatable bonds is 4. The fourth-order valence-electron chi connectivity index (χ4n) is 2.68. The Hall–Kier alpha value is -1.49. The summed E-state index contributed by atoms with van der Waals surface area (Å²) in [6.45, 7) is 2.64. The number of hydrogen-bond acceptors (Lipinski definition) is 3. The van der Waals surface area contributed by atoms with E-state index < -0.39 is 11.4 Å². The lowest BCUT2D eigenvalue weighted by atomic mass is 9.82. The molecule has 0 radical (unpaired) electrons. The third-order valence-electron chi connectivity index (χ3n) is 4.01. The maximum absolute atomic E-state index is 12.5. The van der Waals surface area contributed by atoms with Gasteiger partial charge < -0.3 is 10.0 Å². The SMILES string of the molecule is CSCc1ccc(C(=O)N2CCCC(C)(C(=O)O)C2)cc1. The van der Waals surface area contributed by atoms with Crippen molar-refractivity contribution in [3.63, 3.8) is 0 Å². The number of carboxylic acids is 1. The predicted molar refractivity (Wildman–Crippen MR) is 84.5 cm³/mol. The summed E-state index contributed by atoms with van der Waals surface area (Å²) in [7, 11) is 0. The molecule has 1 unspecified atom stereocenters. The lowest BCUT2D eigenvalue weighted by Crippen LogP contribution is -2.48. The van der Waals surface area contributed by atoms with Gasteiger partial charge in [-0.25, -0.2) is 0 Å². The maximum Gasteiger partial charge on any atom is 0.311 e. The highest BCUT2D eigenvalue weighted by Gasteiger charge is 2.39. The number of amides is 1. The van der Waals surface area contributed by atoms with E-state index in [2.05, 4.69) is 0 Å². The molecule has 1 atom stereocenters. The standard InChI is InChI=1S/C16H21NO3S/c1-16(15(19)20)8-3-9-17(11-16)14(18)13-6-4-12(5-7-13)10-21-2/h4-7H,3,8-11H2,1-2H3,(H,19,20). The highest BCUT2D eigenvalue weighted by Crippen LogP contribution is 2.30. The van der Waals surface area contributed by atoms with Crippen LogP contribution in [0.2, 0.25) is 0 Å². The lowest BCUT2D eigenvalue weighted by molar-refractivity contribution is -0.150. The summed E-state index contributed by atoms with van der Waals surface area (Å²) >= 11 is 1.74. The van der Waals surface area contributed by atoms with Crippen molar-refractivity contribution in [3.8, 4) is 0 Å². The Kier molecular flexibility index (Phi) is 4.93. The van der Waals surface area contributed by atoms with Crippen molar-refractivity contribution in [1.29, 1.82) is 0 Å². The first-order valence-corrected chi connectivity index (χ1v) is 8.46. The summed E-state index contributed by atoms with van der Waals surface area (Å²) in [6.07, 6.45) is 3.40. The highest BCUT2D eigenvalue weighted by molar-refractivity contribution is 7.97. The molecule has 0 aliphatic carbocycles. The van der Waals surface area contributed by atoms with Crippen molar-refractivity contribution >= 4 is 23.6 Å². The van der Waals surface area contributed by atoms with Crippen molar-refractivity contribution in [1.82, 2.24) is 4.90 Å². The van der Waals surface area contributed by atoms with Crippen LogP contribution in [0.3, 0.4) is 0 Å². The van der Waals surface area contributed by atoms with Crippen LogP contribution in [-0.4, -0.2) is 41.2 Å². The van der Waals surface area contributed by atoms with Crippen LogP contribution in [-0.2, 0) is 10.5 Å². The summed E-state index contributed by atoms with van der Waals surface area (Å²) in [5, 5.41) is 9.32. The van der Waals surface area contributed by atoms with Crippen LogP contribution < -0.4 is 0 Å². The van der Waals surface area contributed by atoms with Crippen molar-refractivity contribution in [2.24, 2.45) is 5.41 Å². The van der Waals surface area contributed by atoms with Gasteiger partial charge in [-0.1, -0.05) is 12.1 Å². The van der Waals surface area contributed by atoms with Gasteiger partial charge in [-0.15, -0.1) is 0 Å². The van der Waals surface area contributed by atoms with Gasteiger partial charge in [0.1, 0.15) is 0 Å². The monoisotopic (exact) mass is 307 g/mol. The average Bonchev–Trinajstić information content (AvgIpc) is 2.47. The normalized spacial score (nSPS) is 22.1. The summed E-state index contributed by atoms with van der Waals surface area (Å²) < 4.78 is 0. The van der Waals surface area contributed by atoms with E-state index in [0.717, 1.165) is 12.2 Å². The summed E-state index contributed by atoms with van der Waals surface area (Å²) in [5.74, 6) is 0.0307. The first kappa shape index (κ1) is 15.9. The number of carboxylic acid groups (broad SMARTS) is 1. The zero-order valence-corrected chi connectivity index (χ0v) is 13.3. The molecule has 4 nitrogen and oxygen atoms in total. The van der Waals surface area contributed by atoms with Crippen LogP contribution in [0, 0.1) is 5.41 Å². The van der Waals surface area contributed by atoms with Crippen molar-refractivity contribution in [2.45, 2.75) is 25.5 Å². The highest BCUT2D eigenvalue weighted by atomic mass is 32.2. The molecule has 1 amide bonds. The Labute approximate surface area is 129 Å². The number of thioether (sulfide) groups is 1. The van der Waals surface area contributed by atoms with Crippen LogP contribution >= 0.6 is 11.8 Å². The van der Waals surface area contributed by atoms with Crippen molar-refractivity contribution in [3.05, 3.63) is 35.4 Å². The molecular formula is C16H21NO3S. The number of hydrogen-bond donors (Lipinski definition) is 1. The Morgan fingerprint density at radius 2 is 2.00 bits per heavy atom. The van der Waals surface area contributed by atoms with Crippen LogP contribution in [0.25, 0.3) is 0 Å². The minimum absolute atomic E-state index is 0.0714. The Morgan fingerprint density at radius 1 is 1.33 bits per heavy atom. The predicted octanol–water partition coefficient (Wildman–Crippen LogP) is 2.88. The van der Waals surface area contributed by atoms with E-state index in [1.807, 2.05) is 30.5 Å². The molecule has 114 valence electrons. The third-order valence-corrected chi connectivity index (χ3v) is 4.63. The van der Waals surface area contributed by atoms with Gasteiger partial charge in [-0.2, -0.15) is 11.8 Å². The Morgan fingerprint density at radius 3 is 2.57 bits per heavy atom. The van der Waals surface area contributed by atoms with Crippen LogP contribution in [0.1, 0.15) is 35.7 Å². The van der Waals surface area contributed by atoms with E-state index in [0.29, 0.717) is 18.5 Å². The van der Waals surface area contributed by atoms with Gasteiger partial charge in [0.05, 0.1) is 5.41 Å². The van der Waals surface area contributed by atoms with Crippen molar-refractivity contribution < 1.29 is 14.7 Å². The fraction of sp³-hybridized carbons (Fsp3) is 0.500. The van der Waals surface area contributed by atoms with Crippen LogP contribution in [0.15, 0.2) is 24.3 Å². The zero-order valence-electron chi connectivity index (χ0n) is 12.5. The molecule has 1 aromatic rings. The molecule has 1 heterocycles. The number of carbonyl (C=O) groups excluding carboxylic acids is 1. The molecule has 1 aliphatic rings. The van der Waals surface area contributed by atoms with Crippen LogP contribution in [0.5, 0.6) is 0 Å². The molecule has 21 heavy (non-hydrogen) atoms. The number of benzene rings is 1. The topological polar surface area (TPSA) is 57.6 Å². The van der Waals surface area contributed by atoms with E-state index in [4.69, 9.17) is 0 Å². The molecule has 0 aromatic heterocycles. The number of likely N-dealkylation sites (tertiary alicyclic amines) is 1. The Bertz CT molecular complexity index is 529. The molecule has 1 fully saturated rings. The second-order valence-electron chi connectivity index (χ2n) is 5.83. The summed E-state index contributed by atoms with van der Waals surface area (Å²) in [6, 6.07) is 7.59. The fourth-order valence-corrected chi connectivity index (χ4v) is 3.21. The van der Waals surface area contributed by atoms with E-state index in [9.17, 15) is 14.7 Å². The van der Waals surface area contributed by atoms with Gasteiger partial charge in [-0.05, 0) is 43.7 Å².